The Balaban J connectivity index is 2.92. The summed E-state index contributed by atoms with van der Waals surface area (Å²) >= 11 is 6.09. The first kappa shape index (κ1) is 10.0. The third-order valence-electron chi connectivity index (χ3n) is 1.96. The first-order valence-corrected chi connectivity index (χ1v) is 6.38. The van der Waals surface area contributed by atoms with E-state index < -0.39 is 0 Å². The molecule has 2 heteroatoms. The molecule has 0 aromatic heterocycles. The molecule has 66 valence electrons. The van der Waals surface area contributed by atoms with Gasteiger partial charge in [0, 0.05) is 5.02 Å². The standard InChI is InChI=1S/C10H14ClP/c1-3-12(4-2)10-8-6-5-7-9(10)11/h5-8H,3-4H2,1-2H3. The third-order valence-corrected chi connectivity index (χ3v) is 5.02. The Kier molecular flexibility index (Phi) is 4.05. The first-order chi connectivity index (χ1) is 5.79. The molecule has 0 bridgehead atoms. The first-order valence-electron chi connectivity index (χ1n) is 4.29. The van der Waals surface area contributed by atoms with Crippen molar-refractivity contribution < 1.29 is 0 Å². The average Bonchev–Trinajstić information content (AvgIpc) is 2.10. The second-order valence-electron chi connectivity index (χ2n) is 2.62. The lowest BCUT2D eigenvalue weighted by molar-refractivity contribution is 1.42. The predicted molar refractivity (Wildman–Crippen MR) is 59.1 cm³/mol. The van der Waals surface area contributed by atoms with Crippen LogP contribution in [0.25, 0.3) is 0 Å². The van der Waals surface area contributed by atoms with Gasteiger partial charge in [0.25, 0.3) is 0 Å². The van der Waals surface area contributed by atoms with Gasteiger partial charge in [-0.15, -0.1) is 0 Å². The summed E-state index contributed by atoms with van der Waals surface area (Å²) < 4.78 is 0. The second-order valence-corrected chi connectivity index (χ2v) is 5.86. The summed E-state index contributed by atoms with van der Waals surface area (Å²) in [7, 11) is -0.00412. The van der Waals surface area contributed by atoms with Gasteiger partial charge in [0.1, 0.15) is 0 Å². The minimum absolute atomic E-state index is 0.00412. The lowest BCUT2D eigenvalue weighted by Gasteiger charge is -2.14. The van der Waals surface area contributed by atoms with Gasteiger partial charge in [-0.05, 0) is 23.7 Å². The molecule has 0 atom stereocenters. The molecule has 0 nitrogen and oxygen atoms in total. The fourth-order valence-electron chi connectivity index (χ4n) is 1.27. The van der Waals surface area contributed by atoms with E-state index in [1.807, 2.05) is 12.1 Å². The molecule has 0 N–H and O–H groups in total. The molecule has 0 aliphatic heterocycles. The average molecular weight is 201 g/mol. The molecule has 0 spiro atoms. The summed E-state index contributed by atoms with van der Waals surface area (Å²) in [6.45, 7) is 4.47. The topological polar surface area (TPSA) is 0 Å². The van der Waals surface area contributed by atoms with Crippen molar-refractivity contribution in [2.24, 2.45) is 0 Å². The van der Waals surface area contributed by atoms with Crippen LogP contribution < -0.4 is 5.30 Å². The fourth-order valence-corrected chi connectivity index (χ4v) is 3.57. The summed E-state index contributed by atoms with van der Waals surface area (Å²) in [5.74, 6) is 0. The van der Waals surface area contributed by atoms with Crippen molar-refractivity contribution in [3.8, 4) is 0 Å². The summed E-state index contributed by atoms with van der Waals surface area (Å²) in [4.78, 5) is 0. The zero-order valence-electron chi connectivity index (χ0n) is 7.55. The van der Waals surface area contributed by atoms with E-state index in [0.29, 0.717) is 0 Å². The highest BCUT2D eigenvalue weighted by Crippen LogP contribution is 2.35. The van der Waals surface area contributed by atoms with Gasteiger partial charge >= 0.3 is 0 Å². The Morgan fingerprint density at radius 1 is 1.17 bits per heavy atom. The van der Waals surface area contributed by atoms with Crippen LogP contribution in [0.15, 0.2) is 24.3 Å². The lowest BCUT2D eigenvalue weighted by atomic mass is 10.4. The monoisotopic (exact) mass is 200 g/mol. The van der Waals surface area contributed by atoms with Crippen molar-refractivity contribution in [1.82, 2.24) is 0 Å². The zero-order chi connectivity index (χ0) is 8.97. The molecule has 1 rings (SSSR count). The van der Waals surface area contributed by atoms with Crippen molar-refractivity contribution in [3.63, 3.8) is 0 Å². The van der Waals surface area contributed by atoms with E-state index in [-0.39, 0.29) is 7.92 Å². The quantitative estimate of drug-likeness (QED) is 0.656. The number of rotatable bonds is 3. The Hall–Kier alpha value is -0.0600. The van der Waals surface area contributed by atoms with Crippen molar-refractivity contribution in [3.05, 3.63) is 29.3 Å². The molecule has 0 saturated carbocycles. The molecule has 0 saturated heterocycles. The van der Waals surface area contributed by atoms with E-state index >= 15 is 0 Å². The Labute approximate surface area is 80.7 Å². The molecule has 0 heterocycles. The number of hydrogen-bond donors (Lipinski definition) is 0. The number of halogens is 1. The van der Waals surface area contributed by atoms with Gasteiger partial charge in [-0.2, -0.15) is 0 Å². The van der Waals surface area contributed by atoms with Crippen LogP contribution in [-0.2, 0) is 0 Å². The third kappa shape index (κ3) is 2.21. The van der Waals surface area contributed by atoms with Crippen LogP contribution in [0, 0.1) is 0 Å². The van der Waals surface area contributed by atoms with E-state index in [2.05, 4.69) is 26.0 Å². The van der Waals surface area contributed by atoms with E-state index in [1.165, 1.54) is 17.6 Å². The van der Waals surface area contributed by atoms with Gasteiger partial charge in [-0.3, -0.25) is 0 Å². The van der Waals surface area contributed by atoms with E-state index in [9.17, 15) is 0 Å². The summed E-state index contributed by atoms with van der Waals surface area (Å²) in [5, 5.41) is 2.30. The van der Waals surface area contributed by atoms with E-state index in [0.717, 1.165) is 5.02 Å². The SMILES string of the molecule is CCP(CC)c1ccccc1Cl. The van der Waals surface area contributed by atoms with Crippen molar-refractivity contribution >= 4 is 24.8 Å². The largest absolute Gasteiger partial charge is 0.0836 e. The van der Waals surface area contributed by atoms with Gasteiger partial charge in [-0.25, -0.2) is 0 Å². The van der Waals surface area contributed by atoms with Gasteiger partial charge < -0.3 is 0 Å². The minimum atomic E-state index is -0.00412. The fraction of sp³-hybridized carbons (Fsp3) is 0.400. The Morgan fingerprint density at radius 3 is 2.25 bits per heavy atom. The zero-order valence-corrected chi connectivity index (χ0v) is 9.20. The van der Waals surface area contributed by atoms with Crippen molar-refractivity contribution in [2.45, 2.75) is 13.8 Å². The van der Waals surface area contributed by atoms with Crippen molar-refractivity contribution in [2.75, 3.05) is 12.3 Å². The predicted octanol–water partition coefficient (Wildman–Crippen LogP) is 3.49. The van der Waals surface area contributed by atoms with E-state index in [1.54, 1.807) is 0 Å². The van der Waals surface area contributed by atoms with E-state index in [4.69, 9.17) is 11.6 Å². The highest BCUT2D eigenvalue weighted by atomic mass is 35.5. The maximum Gasteiger partial charge on any atom is 0.0482 e. The molecule has 0 aliphatic rings. The summed E-state index contributed by atoms with van der Waals surface area (Å²) in [5.41, 5.74) is 0. The van der Waals surface area contributed by atoms with Gasteiger partial charge in [0.15, 0.2) is 0 Å². The lowest BCUT2D eigenvalue weighted by Crippen LogP contribution is -2.04. The molecular formula is C10H14ClP. The normalized spacial score (nSPS) is 10.7. The molecule has 1 aromatic carbocycles. The molecule has 1 aromatic rings. The van der Waals surface area contributed by atoms with Crippen LogP contribution >= 0.6 is 19.5 Å². The molecule has 0 aliphatic carbocycles. The van der Waals surface area contributed by atoms with Gasteiger partial charge in [0.2, 0.25) is 0 Å². The van der Waals surface area contributed by atoms with Crippen LogP contribution in [0.2, 0.25) is 5.02 Å². The molecule has 0 fully saturated rings. The van der Waals surface area contributed by atoms with Gasteiger partial charge in [-0.1, -0.05) is 51.6 Å². The van der Waals surface area contributed by atoms with Crippen LogP contribution in [0.1, 0.15) is 13.8 Å². The molecular weight excluding hydrogens is 187 g/mol. The maximum atomic E-state index is 6.09. The van der Waals surface area contributed by atoms with Crippen LogP contribution in [0.5, 0.6) is 0 Å². The molecule has 0 amide bonds. The van der Waals surface area contributed by atoms with Crippen LogP contribution in [0.3, 0.4) is 0 Å². The molecule has 0 unspecified atom stereocenters. The smallest absolute Gasteiger partial charge is 0.0482 e. The maximum absolute atomic E-state index is 6.09. The number of hydrogen-bond acceptors (Lipinski definition) is 0. The number of benzene rings is 1. The summed E-state index contributed by atoms with van der Waals surface area (Å²) in [6, 6.07) is 8.20. The highest BCUT2D eigenvalue weighted by molar-refractivity contribution is 7.65. The minimum Gasteiger partial charge on any atom is -0.0836 e. The Morgan fingerprint density at radius 2 is 1.75 bits per heavy atom. The highest BCUT2D eigenvalue weighted by Gasteiger charge is 2.08. The van der Waals surface area contributed by atoms with Crippen molar-refractivity contribution in [1.29, 1.82) is 0 Å². The molecule has 12 heavy (non-hydrogen) atoms. The van der Waals surface area contributed by atoms with Crippen LogP contribution in [-0.4, -0.2) is 12.3 Å². The summed E-state index contributed by atoms with van der Waals surface area (Å²) in [6.07, 6.45) is 2.46. The van der Waals surface area contributed by atoms with Gasteiger partial charge in [0.05, 0.1) is 0 Å². The molecule has 0 radical (unpaired) electrons. The second kappa shape index (κ2) is 4.84. The Bertz CT molecular complexity index is 243. The van der Waals surface area contributed by atoms with Crippen LogP contribution in [0.4, 0.5) is 0 Å².